The molecule has 0 aromatic carbocycles. The summed E-state index contributed by atoms with van der Waals surface area (Å²) in [4.78, 5) is 29.8. The van der Waals surface area contributed by atoms with Crippen molar-refractivity contribution in [3.63, 3.8) is 0 Å². The van der Waals surface area contributed by atoms with Crippen LogP contribution in [0.4, 0.5) is 0 Å². The fourth-order valence-electron chi connectivity index (χ4n) is 3.19. The number of carboxylic acid groups (broad SMARTS) is 3. The van der Waals surface area contributed by atoms with Gasteiger partial charge in [0.25, 0.3) is 0 Å². The normalized spacial score (nSPS) is 11.4. The Bertz CT molecular complexity index is 422. The van der Waals surface area contributed by atoms with Gasteiger partial charge in [0.1, 0.15) is 0 Å². The van der Waals surface area contributed by atoms with Crippen molar-refractivity contribution in [3.8, 4) is 0 Å². The molecule has 0 saturated carbocycles. The fraction of sp³-hybridized carbons (Fsp3) is 0.875. The van der Waals surface area contributed by atoms with Crippen molar-refractivity contribution < 1.29 is 34.8 Å². The number of aliphatic hydroxyl groups is 1. The first-order valence-electron chi connectivity index (χ1n) is 12.1. The summed E-state index contributed by atoms with van der Waals surface area (Å²) in [5.74, 6) is -3.62. The van der Waals surface area contributed by atoms with Crippen LogP contribution in [0.1, 0.15) is 129 Å². The van der Waals surface area contributed by atoms with E-state index >= 15 is 0 Å². The van der Waals surface area contributed by atoms with Crippen LogP contribution in [0.25, 0.3) is 0 Å². The number of rotatable bonds is 21. The van der Waals surface area contributed by atoms with Gasteiger partial charge in [-0.15, -0.1) is 0 Å². The van der Waals surface area contributed by atoms with Gasteiger partial charge in [-0.3, -0.25) is 0 Å². The van der Waals surface area contributed by atoms with Crippen LogP contribution in [0.15, 0.2) is 0 Å². The lowest BCUT2D eigenvalue weighted by atomic mass is 10.0. The minimum Gasteiger partial charge on any atom is -0.550 e. The van der Waals surface area contributed by atoms with Crippen LogP contribution in [-0.2, 0) is 14.4 Å². The minimum absolute atomic E-state index is 0.0761. The molecule has 0 amide bonds. The standard InChI is InChI=1S/C18H36O3.C6H10O4/c1-2-3-4-5-6-7-8-9-10-11-12-13-14-15-16-17(19)18(20)21;7-5(8)3-1-2-4-6(9)10/h17,19H,2-16H2,1H3,(H,20,21);1-4H2,(H,7,8)(H,9,10)/p-3. The molecule has 0 heterocycles. The highest BCUT2D eigenvalue weighted by atomic mass is 16.4. The van der Waals surface area contributed by atoms with Crippen molar-refractivity contribution in [2.75, 3.05) is 0 Å². The van der Waals surface area contributed by atoms with Gasteiger partial charge in [-0.05, 0) is 32.1 Å². The number of hydrogen-bond donors (Lipinski definition) is 1. The molecule has 1 N–H and O–H groups in total. The maximum absolute atomic E-state index is 10.3. The average molecular weight is 444 g/mol. The molecular weight excluding hydrogens is 400 g/mol. The van der Waals surface area contributed by atoms with Crippen molar-refractivity contribution in [2.24, 2.45) is 0 Å². The zero-order valence-electron chi connectivity index (χ0n) is 19.4. The summed E-state index contributed by atoms with van der Waals surface area (Å²) in [6.45, 7) is 2.26. The van der Waals surface area contributed by atoms with Gasteiger partial charge in [-0.25, -0.2) is 0 Å². The highest BCUT2D eigenvalue weighted by Gasteiger charge is 2.03. The third-order valence-corrected chi connectivity index (χ3v) is 5.11. The van der Waals surface area contributed by atoms with Crippen molar-refractivity contribution in [1.82, 2.24) is 0 Å². The molecule has 184 valence electrons. The highest BCUT2D eigenvalue weighted by Crippen LogP contribution is 2.13. The molecule has 0 spiro atoms. The smallest absolute Gasteiger partial charge is 0.0933 e. The topological polar surface area (TPSA) is 141 Å². The molecule has 0 bridgehead atoms. The lowest BCUT2D eigenvalue weighted by Gasteiger charge is -2.10. The molecule has 0 fully saturated rings. The lowest BCUT2D eigenvalue weighted by molar-refractivity contribution is -0.315. The molecule has 1 atom stereocenters. The SMILES string of the molecule is CCCCCCCCCCCCCCCCC(O)C(=O)[O-].O=C([O-])CCCCC(=O)[O-]. The number of hydrogen-bond acceptors (Lipinski definition) is 7. The molecule has 0 aliphatic heterocycles. The maximum Gasteiger partial charge on any atom is 0.0933 e. The molecule has 0 aliphatic carbocycles. The van der Waals surface area contributed by atoms with Crippen LogP contribution >= 0.6 is 0 Å². The van der Waals surface area contributed by atoms with Crippen molar-refractivity contribution in [1.29, 1.82) is 0 Å². The van der Waals surface area contributed by atoms with Gasteiger partial charge in [-0.2, -0.15) is 0 Å². The van der Waals surface area contributed by atoms with E-state index in [-0.39, 0.29) is 12.8 Å². The zero-order valence-corrected chi connectivity index (χ0v) is 19.4. The van der Waals surface area contributed by atoms with Gasteiger partial charge in [0.05, 0.1) is 12.1 Å². The van der Waals surface area contributed by atoms with E-state index in [0.29, 0.717) is 19.3 Å². The quantitative estimate of drug-likeness (QED) is 0.267. The Balaban J connectivity index is 0. The molecular formula is C24H43O7-3. The monoisotopic (exact) mass is 443 g/mol. The van der Waals surface area contributed by atoms with E-state index in [9.17, 15) is 29.7 Å². The first-order valence-corrected chi connectivity index (χ1v) is 12.1. The Hall–Kier alpha value is -1.63. The number of aliphatic hydroxyl groups excluding tert-OH is 1. The maximum atomic E-state index is 10.3. The summed E-state index contributed by atoms with van der Waals surface area (Å²) >= 11 is 0. The molecule has 7 nitrogen and oxygen atoms in total. The van der Waals surface area contributed by atoms with E-state index < -0.39 is 24.0 Å². The van der Waals surface area contributed by atoms with Crippen LogP contribution in [0, 0.1) is 0 Å². The second-order valence-electron chi connectivity index (χ2n) is 8.17. The van der Waals surface area contributed by atoms with Gasteiger partial charge in [0.15, 0.2) is 0 Å². The molecule has 0 aliphatic rings. The van der Waals surface area contributed by atoms with Crippen molar-refractivity contribution in [2.45, 2.75) is 135 Å². The summed E-state index contributed by atoms with van der Waals surface area (Å²) in [5.41, 5.74) is 0. The van der Waals surface area contributed by atoms with Crippen LogP contribution in [-0.4, -0.2) is 29.1 Å². The largest absolute Gasteiger partial charge is 0.550 e. The predicted molar refractivity (Wildman–Crippen MR) is 114 cm³/mol. The Morgan fingerprint density at radius 3 is 1.19 bits per heavy atom. The number of unbranched alkanes of at least 4 members (excludes halogenated alkanes) is 14. The summed E-state index contributed by atoms with van der Waals surface area (Å²) in [6, 6.07) is 0. The minimum atomic E-state index is -1.34. The van der Waals surface area contributed by atoms with Crippen molar-refractivity contribution >= 4 is 17.9 Å². The first kappa shape index (κ1) is 31.6. The number of carbonyl (C=O) groups excluding carboxylic acids is 3. The zero-order chi connectivity index (χ0) is 23.7. The molecule has 1 unspecified atom stereocenters. The Kier molecular flexibility index (Phi) is 25.1. The summed E-state index contributed by atoms with van der Waals surface area (Å²) < 4.78 is 0. The number of aliphatic carboxylic acids is 3. The molecule has 0 aromatic heterocycles. The molecule has 31 heavy (non-hydrogen) atoms. The molecule has 0 rings (SSSR count). The molecule has 0 saturated heterocycles. The third kappa shape index (κ3) is 30.7. The Morgan fingerprint density at radius 1 is 0.581 bits per heavy atom. The number of carbonyl (C=O) groups is 3. The van der Waals surface area contributed by atoms with Crippen LogP contribution in [0.3, 0.4) is 0 Å². The van der Waals surface area contributed by atoms with Gasteiger partial charge in [-0.1, -0.05) is 96.8 Å². The molecule has 7 heteroatoms. The second-order valence-corrected chi connectivity index (χ2v) is 8.17. The van der Waals surface area contributed by atoms with Crippen LogP contribution < -0.4 is 15.3 Å². The second kappa shape index (κ2) is 24.6. The van der Waals surface area contributed by atoms with Gasteiger partial charge in [0, 0.05) is 11.9 Å². The summed E-state index contributed by atoms with van der Waals surface area (Å²) in [5, 5.41) is 38.9. The highest BCUT2D eigenvalue weighted by molar-refractivity contribution is 5.69. The van der Waals surface area contributed by atoms with E-state index in [0.717, 1.165) is 19.3 Å². The predicted octanol–water partition coefficient (Wildman–Crippen LogP) is 2.02. The van der Waals surface area contributed by atoms with E-state index in [2.05, 4.69) is 6.92 Å². The summed E-state index contributed by atoms with van der Waals surface area (Å²) in [6.07, 6.45) is 17.5. The van der Waals surface area contributed by atoms with E-state index in [1.807, 2.05) is 0 Å². The first-order chi connectivity index (χ1) is 14.8. The van der Waals surface area contributed by atoms with Crippen molar-refractivity contribution in [3.05, 3.63) is 0 Å². The summed E-state index contributed by atoms with van der Waals surface area (Å²) in [7, 11) is 0. The van der Waals surface area contributed by atoms with Crippen LogP contribution in [0.2, 0.25) is 0 Å². The molecule has 0 aromatic rings. The third-order valence-electron chi connectivity index (χ3n) is 5.11. The van der Waals surface area contributed by atoms with E-state index in [1.165, 1.54) is 70.6 Å². The van der Waals surface area contributed by atoms with Gasteiger partial charge >= 0.3 is 0 Å². The number of carboxylic acids is 3. The van der Waals surface area contributed by atoms with Gasteiger partial charge in [0.2, 0.25) is 0 Å². The average Bonchev–Trinajstić information content (AvgIpc) is 2.71. The molecule has 0 radical (unpaired) electrons. The van der Waals surface area contributed by atoms with Crippen LogP contribution in [0.5, 0.6) is 0 Å². The Morgan fingerprint density at radius 2 is 0.903 bits per heavy atom. The van der Waals surface area contributed by atoms with E-state index in [4.69, 9.17) is 5.11 Å². The van der Waals surface area contributed by atoms with Gasteiger partial charge < -0.3 is 34.8 Å². The Labute approximate surface area is 188 Å². The lowest BCUT2D eigenvalue weighted by Crippen LogP contribution is -2.35. The van der Waals surface area contributed by atoms with E-state index in [1.54, 1.807) is 0 Å². The fourth-order valence-corrected chi connectivity index (χ4v) is 3.19.